The molecule has 1 aromatic rings. The van der Waals surface area contributed by atoms with Gasteiger partial charge in [0.15, 0.2) is 0 Å². The van der Waals surface area contributed by atoms with E-state index in [1.807, 2.05) is 0 Å². The highest BCUT2D eigenvalue weighted by Crippen LogP contribution is 2.19. The maximum absolute atomic E-state index is 12.9. The summed E-state index contributed by atoms with van der Waals surface area (Å²) in [6.07, 6.45) is 0. The van der Waals surface area contributed by atoms with Crippen LogP contribution in [0.25, 0.3) is 0 Å². The highest BCUT2D eigenvalue weighted by Gasteiger charge is 2.21. The Balaban J connectivity index is 2.55. The van der Waals surface area contributed by atoms with Gasteiger partial charge in [-0.15, -0.1) is 0 Å². The number of amides is 1. The Morgan fingerprint density at radius 1 is 1.40 bits per heavy atom. The zero-order valence-corrected chi connectivity index (χ0v) is 11.9. The number of halogens is 2. The molecule has 0 aliphatic heterocycles. The minimum absolute atomic E-state index is 0.0960. The Morgan fingerprint density at radius 3 is 2.55 bits per heavy atom. The van der Waals surface area contributed by atoms with E-state index in [0.29, 0.717) is 5.69 Å². The zero-order chi connectivity index (χ0) is 15.3. The van der Waals surface area contributed by atoms with E-state index in [1.54, 1.807) is 13.8 Å². The van der Waals surface area contributed by atoms with Crippen LogP contribution in [0.1, 0.15) is 13.8 Å². The van der Waals surface area contributed by atoms with Gasteiger partial charge in [0.05, 0.1) is 11.6 Å². The molecule has 1 atom stereocenters. The van der Waals surface area contributed by atoms with Crippen LogP contribution in [-0.2, 0) is 9.59 Å². The van der Waals surface area contributed by atoms with E-state index in [2.05, 4.69) is 10.6 Å². The highest BCUT2D eigenvalue weighted by molar-refractivity contribution is 6.31. The summed E-state index contributed by atoms with van der Waals surface area (Å²) in [5.41, 5.74) is 0.347. The third-order valence-electron chi connectivity index (χ3n) is 2.62. The van der Waals surface area contributed by atoms with Crippen LogP contribution in [0.4, 0.5) is 10.1 Å². The van der Waals surface area contributed by atoms with Gasteiger partial charge in [0.25, 0.3) is 0 Å². The molecule has 3 N–H and O–H groups in total. The van der Waals surface area contributed by atoms with Gasteiger partial charge in [-0.25, -0.2) is 4.39 Å². The summed E-state index contributed by atoms with van der Waals surface area (Å²) in [5.74, 6) is -2.17. The minimum atomic E-state index is -1.02. The van der Waals surface area contributed by atoms with E-state index in [-0.39, 0.29) is 17.5 Å². The molecular formula is C13H16ClFN2O3. The van der Waals surface area contributed by atoms with E-state index in [9.17, 15) is 14.0 Å². The molecular weight excluding hydrogens is 287 g/mol. The second-order valence-corrected chi connectivity index (χ2v) is 5.03. The molecule has 0 aromatic heterocycles. The molecule has 1 rings (SSSR count). The van der Waals surface area contributed by atoms with Gasteiger partial charge in [-0.2, -0.15) is 0 Å². The fourth-order valence-corrected chi connectivity index (χ4v) is 1.77. The third-order valence-corrected chi connectivity index (χ3v) is 2.91. The number of carboxylic acids is 1. The van der Waals surface area contributed by atoms with Crippen molar-refractivity contribution in [2.24, 2.45) is 5.92 Å². The Hall–Kier alpha value is -1.66. The second-order valence-electron chi connectivity index (χ2n) is 4.62. The Kier molecular flexibility index (Phi) is 5.91. The zero-order valence-electron chi connectivity index (χ0n) is 11.1. The number of carbonyl (C=O) groups excluding carboxylic acids is 1. The highest BCUT2D eigenvalue weighted by atomic mass is 35.5. The van der Waals surface area contributed by atoms with Crippen molar-refractivity contribution in [3.8, 4) is 0 Å². The number of aliphatic carboxylic acids is 1. The lowest BCUT2D eigenvalue weighted by atomic mass is 10.1. The number of anilines is 1. The van der Waals surface area contributed by atoms with Crippen LogP contribution in [0.5, 0.6) is 0 Å². The number of nitrogens with one attached hydrogen (secondary N) is 2. The van der Waals surface area contributed by atoms with Gasteiger partial charge in [-0.05, 0) is 24.1 Å². The summed E-state index contributed by atoms with van der Waals surface area (Å²) < 4.78 is 12.9. The molecule has 0 fully saturated rings. The molecule has 0 saturated heterocycles. The molecule has 0 bridgehead atoms. The molecule has 5 nitrogen and oxygen atoms in total. The van der Waals surface area contributed by atoms with Crippen molar-refractivity contribution < 1.29 is 19.1 Å². The minimum Gasteiger partial charge on any atom is -0.480 e. The topological polar surface area (TPSA) is 78.4 Å². The van der Waals surface area contributed by atoms with Crippen LogP contribution < -0.4 is 10.6 Å². The van der Waals surface area contributed by atoms with Crippen LogP contribution in [-0.4, -0.2) is 29.6 Å². The molecule has 7 heteroatoms. The summed E-state index contributed by atoms with van der Waals surface area (Å²) in [6.45, 7) is 3.32. The normalized spacial score (nSPS) is 12.2. The predicted octanol–water partition coefficient (Wildman–Crippen LogP) is 2.12. The second kappa shape index (κ2) is 7.21. The van der Waals surface area contributed by atoms with Crippen molar-refractivity contribution in [2.45, 2.75) is 19.9 Å². The lowest BCUT2D eigenvalue weighted by molar-refractivity contribution is -0.140. The first-order chi connectivity index (χ1) is 9.31. The van der Waals surface area contributed by atoms with Crippen LogP contribution in [0.15, 0.2) is 18.2 Å². The summed E-state index contributed by atoms with van der Waals surface area (Å²) in [7, 11) is 0. The molecule has 0 spiro atoms. The standard InChI is InChI=1S/C13H16ClFN2O3/c1-7(2)12(13(19)20)16-6-11(18)17-8-3-4-10(15)9(14)5-8/h3-5,7,12,16H,6H2,1-2H3,(H,17,18)(H,19,20). The molecule has 0 radical (unpaired) electrons. The summed E-state index contributed by atoms with van der Waals surface area (Å²) in [4.78, 5) is 22.6. The van der Waals surface area contributed by atoms with Crippen molar-refractivity contribution >= 4 is 29.2 Å². The van der Waals surface area contributed by atoms with E-state index < -0.39 is 23.7 Å². The summed E-state index contributed by atoms with van der Waals surface area (Å²) >= 11 is 5.59. The summed E-state index contributed by atoms with van der Waals surface area (Å²) in [6, 6.07) is 2.99. The molecule has 1 amide bonds. The molecule has 0 aliphatic rings. The molecule has 110 valence electrons. The lowest BCUT2D eigenvalue weighted by Gasteiger charge is -2.17. The SMILES string of the molecule is CC(C)C(NCC(=O)Nc1ccc(F)c(Cl)c1)C(=O)O. The van der Waals surface area contributed by atoms with Crippen molar-refractivity contribution in [3.05, 3.63) is 29.0 Å². The van der Waals surface area contributed by atoms with Crippen LogP contribution in [0, 0.1) is 11.7 Å². The van der Waals surface area contributed by atoms with E-state index in [4.69, 9.17) is 16.7 Å². The van der Waals surface area contributed by atoms with Gasteiger partial charge in [-0.1, -0.05) is 25.4 Å². The van der Waals surface area contributed by atoms with Gasteiger partial charge in [0.2, 0.25) is 5.91 Å². The van der Waals surface area contributed by atoms with Crippen molar-refractivity contribution in [1.29, 1.82) is 0 Å². The Labute approximate surface area is 121 Å². The van der Waals surface area contributed by atoms with E-state index >= 15 is 0 Å². The van der Waals surface area contributed by atoms with Crippen LogP contribution in [0.3, 0.4) is 0 Å². The number of benzene rings is 1. The molecule has 0 saturated carbocycles. The lowest BCUT2D eigenvalue weighted by Crippen LogP contribution is -2.44. The average Bonchev–Trinajstić information content (AvgIpc) is 2.33. The quantitative estimate of drug-likeness (QED) is 0.752. The Bertz CT molecular complexity index is 508. The first kappa shape index (κ1) is 16.4. The summed E-state index contributed by atoms with van der Waals surface area (Å²) in [5, 5.41) is 14.0. The van der Waals surface area contributed by atoms with E-state index in [1.165, 1.54) is 12.1 Å². The smallest absolute Gasteiger partial charge is 0.320 e. The average molecular weight is 303 g/mol. The Morgan fingerprint density at radius 2 is 2.05 bits per heavy atom. The molecule has 1 aromatic carbocycles. The number of carboxylic acid groups (broad SMARTS) is 1. The van der Waals surface area contributed by atoms with Gasteiger partial charge in [0.1, 0.15) is 11.9 Å². The van der Waals surface area contributed by atoms with Gasteiger partial charge < -0.3 is 10.4 Å². The number of hydrogen-bond acceptors (Lipinski definition) is 3. The molecule has 0 aliphatic carbocycles. The van der Waals surface area contributed by atoms with Gasteiger partial charge in [0, 0.05) is 5.69 Å². The van der Waals surface area contributed by atoms with Crippen LogP contribution in [0.2, 0.25) is 5.02 Å². The van der Waals surface area contributed by atoms with Crippen LogP contribution >= 0.6 is 11.6 Å². The monoisotopic (exact) mass is 302 g/mol. The molecule has 1 unspecified atom stereocenters. The van der Waals surface area contributed by atoms with E-state index in [0.717, 1.165) is 6.07 Å². The van der Waals surface area contributed by atoms with Gasteiger partial charge in [-0.3, -0.25) is 14.9 Å². The number of rotatable bonds is 6. The largest absolute Gasteiger partial charge is 0.480 e. The maximum atomic E-state index is 12.9. The predicted molar refractivity (Wildman–Crippen MR) is 74.3 cm³/mol. The number of carbonyl (C=O) groups is 2. The van der Waals surface area contributed by atoms with Crippen molar-refractivity contribution in [2.75, 3.05) is 11.9 Å². The number of hydrogen-bond donors (Lipinski definition) is 3. The van der Waals surface area contributed by atoms with Gasteiger partial charge >= 0.3 is 5.97 Å². The fourth-order valence-electron chi connectivity index (χ4n) is 1.59. The maximum Gasteiger partial charge on any atom is 0.320 e. The van der Waals surface area contributed by atoms with Crippen molar-refractivity contribution in [1.82, 2.24) is 5.32 Å². The first-order valence-electron chi connectivity index (χ1n) is 6.02. The molecule has 0 heterocycles. The first-order valence-corrected chi connectivity index (χ1v) is 6.40. The third kappa shape index (κ3) is 4.79. The van der Waals surface area contributed by atoms with Crippen molar-refractivity contribution in [3.63, 3.8) is 0 Å². The fraction of sp³-hybridized carbons (Fsp3) is 0.385. The molecule has 20 heavy (non-hydrogen) atoms.